The summed E-state index contributed by atoms with van der Waals surface area (Å²) in [6.07, 6.45) is 0.276. The summed E-state index contributed by atoms with van der Waals surface area (Å²) < 4.78 is 11.1. The molecule has 0 spiro atoms. The summed E-state index contributed by atoms with van der Waals surface area (Å²) >= 11 is 0. The Bertz CT molecular complexity index is 815. The van der Waals surface area contributed by atoms with Gasteiger partial charge < -0.3 is 14.1 Å². The van der Waals surface area contributed by atoms with Gasteiger partial charge in [0, 0.05) is 38.3 Å². The first-order valence-corrected chi connectivity index (χ1v) is 9.86. The van der Waals surface area contributed by atoms with E-state index in [-0.39, 0.29) is 17.7 Å². The molecule has 0 aliphatic carbocycles. The predicted molar refractivity (Wildman–Crippen MR) is 109 cm³/mol. The van der Waals surface area contributed by atoms with Crippen molar-refractivity contribution in [2.24, 2.45) is 5.41 Å². The number of aromatic nitrogens is 1. The van der Waals surface area contributed by atoms with Gasteiger partial charge in [0.1, 0.15) is 11.5 Å². The Labute approximate surface area is 167 Å². The predicted octanol–water partition coefficient (Wildman–Crippen LogP) is 3.39. The van der Waals surface area contributed by atoms with Crippen LogP contribution in [0.25, 0.3) is 11.5 Å². The molecule has 0 bridgehead atoms. The molecule has 1 fully saturated rings. The molecule has 2 heterocycles. The van der Waals surface area contributed by atoms with Crippen LogP contribution >= 0.6 is 0 Å². The highest BCUT2D eigenvalue weighted by Crippen LogP contribution is 2.25. The van der Waals surface area contributed by atoms with Gasteiger partial charge in [0.2, 0.25) is 11.8 Å². The summed E-state index contributed by atoms with van der Waals surface area (Å²) in [5.74, 6) is 2.08. The molecular formula is C22H31N3O3. The number of methoxy groups -OCH3 is 1. The molecule has 0 saturated carbocycles. The molecule has 1 aromatic heterocycles. The standard InChI is InChI=1S/C22H31N3O3/c1-16-19(23-21(28-16)17-7-6-8-18(13-17)27-5)14-20(26)25-11-9-24(10-12-25)15-22(2,3)4/h6-8,13H,9-12,14-15H2,1-5H3. The third kappa shape index (κ3) is 5.13. The van der Waals surface area contributed by atoms with Gasteiger partial charge in [-0.15, -0.1) is 0 Å². The second-order valence-electron chi connectivity index (χ2n) is 8.65. The lowest BCUT2D eigenvalue weighted by Gasteiger charge is -2.37. The van der Waals surface area contributed by atoms with Crippen molar-refractivity contribution in [1.29, 1.82) is 0 Å². The summed E-state index contributed by atoms with van der Waals surface area (Å²) in [7, 11) is 1.63. The third-order valence-corrected chi connectivity index (χ3v) is 4.95. The molecule has 1 aliphatic rings. The van der Waals surface area contributed by atoms with E-state index in [1.54, 1.807) is 7.11 Å². The molecule has 1 saturated heterocycles. The smallest absolute Gasteiger partial charge is 0.228 e. The first kappa shape index (κ1) is 20.4. The first-order chi connectivity index (χ1) is 13.2. The average molecular weight is 386 g/mol. The number of nitrogens with zero attached hydrogens (tertiary/aromatic N) is 3. The molecule has 6 nitrogen and oxygen atoms in total. The Balaban J connectivity index is 1.61. The maximum absolute atomic E-state index is 12.8. The van der Waals surface area contributed by atoms with Crippen LogP contribution < -0.4 is 4.74 Å². The molecule has 152 valence electrons. The highest BCUT2D eigenvalue weighted by atomic mass is 16.5. The van der Waals surface area contributed by atoms with Crippen LogP contribution in [0, 0.1) is 12.3 Å². The van der Waals surface area contributed by atoms with Crippen molar-refractivity contribution in [3.8, 4) is 17.2 Å². The minimum atomic E-state index is 0.115. The van der Waals surface area contributed by atoms with Gasteiger partial charge in [-0.25, -0.2) is 4.98 Å². The molecular weight excluding hydrogens is 354 g/mol. The van der Waals surface area contributed by atoms with E-state index in [2.05, 4.69) is 30.7 Å². The third-order valence-electron chi connectivity index (χ3n) is 4.95. The molecule has 6 heteroatoms. The number of benzene rings is 1. The van der Waals surface area contributed by atoms with E-state index in [1.807, 2.05) is 36.1 Å². The van der Waals surface area contributed by atoms with E-state index in [9.17, 15) is 4.79 Å². The summed E-state index contributed by atoms with van der Waals surface area (Å²) in [5.41, 5.74) is 1.83. The number of hydrogen-bond acceptors (Lipinski definition) is 5. The van der Waals surface area contributed by atoms with Crippen molar-refractivity contribution in [2.75, 3.05) is 39.8 Å². The molecule has 1 aromatic carbocycles. The van der Waals surface area contributed by atoms with Gasteiger partial charge in [-0.2, -0.15) is 0 Å². The van der Waals surface area contributed by atoms with E-state index < -0.39 is 0 Å². The maximum Gasteiger partial charge on any atom is 0.228 e. The van der Waals surface area contributed by atoms with Crippen LogP contribution in [-0.4, -0.2) is 60.5 Å². The fourth-order valence-corrected chi connectivity index (χ4v) is 3.55. The molecule has 1 aliphatic heterocycles. The van der Waals surface area contributed by atoms with Crippen molar-refractivity contribution < 1.29 is 13.9 Å². The van der Waals surface area contributed by atoms with Gasteiger partial charge in [-0.05, 0) is 30.5 Å². The second kappa shape index (κ2) is 8.35. The van der Waals surface area contributed by atoms with E-state index in [0.717, 1.165) is 44.0 Å². The Morgan fingerprint density at radius 3 is 2.57 bits per heavy atom. The number of ether oxygens (including phenoxy) is 1. The van der Waals surface area contributed by atoms with Crippen LogP contribution in [-0.2, 0) is 11.2 Å². The Hall–Kier alpha value is -2.34. The van der Waals surface area contributed by atoms with Crippen molar-refractivity contribution >= 4 is 5.91 Å². The Morgan fingerprint density at radius 1 is 1.21 bits per heavy atom. The SMILES string of the molecule is COc1cccc(-c2nc(CC(=O)N3CCN(CC(C)(C)C)CC3)c(C)o2)c1. The number of amides is 1. The number of carbonyl (C=O) groups is 1. The number of rotatable bonds is 5. The lowest BCUT2D eigenvalue weighted by atomic mass is 9.96. The fourth-order valence-electron chi connectivity index (χ4n) is 3.55. The van der Waals surface area contributed by atoms with Gasteiger partial charge in [0.15, 0.2) is 0 Å². The van der Waals surface area contributed by atoms with E-state index >= 15 is 0 Å². The van der Waals surface area contributed by atoms with Crippen LogP contribution in [0.15, 0.2) is 28.7 Å². The van der Waals surface area contributed by atoms with Crippen molar-refractivity contribution in [3.05, 3.63) is 35.7 Å². The lowest BCUT2D eigenvalue weighted by molar-refractivity contribution is -0.132. The lowest BCUT2D eigenvalue weighted by Crippen LogP contribution is -2.50. The van der Waals surface area contributed by atoms with Gasteiger partial charge in [0.05, 0.1) is 19.2 Å². The Kier molecular flexibility index (Phi) is 6.08. The number of piperazine rings is 1. The summed E-state index contributed by atoms with van der Waals surface area (Å²) in [6, 6.07) is 7.58. The molecule has 2 aromatic rings. The van der Waals surface area contributed by atoms with Crippen molar-refractivity contribution in [3.63, 3.8) is 0 Å². The van der Waals surface area contributed by atoms with Gasteiger partial charge in [-0.3, -0.25) is 9.69 Å². The van der Waals surface area contributed by atoms with Crippen molar-refractivity contribution in [1.82, 2.24) is 14.8 Å². The molecule has 28 heavy (non-hydrogen) atoms. The number of oxazole rings is 1. The average Bonchev–Trinajstić information content (AvgIpc) is 3.01. The second-order valence-corrected chi connectivity index (χ2v) is 8.65. The number of hydrogen-bond donors (Lipinski definition) is 0. The maximum atomic E-state index is 12.8. The van der Waals surface area contributed by atoms with Gasteiger partial charge >= 0.3 is 0 Å². The van der Waals surface area contributed by atoms with E-state index in [0.29, 0.717) is 17.3 Å². The molecule has 3 rings (SSSR count). The summed E-state index contributed by atoms with van der Waals surface area (Å²) in [6.45, 7) is 13.1. The molecule has 0 radical (unpaired) electrons. The monoisotopic (exact) mass is 385 g/mol. The molecule has 0 N–H and O–H groups in total. The minimum absolute atomic E-state index is 0.115. The zero-order chi connectivity index (χ0) is 20.3. The molecule has 0 unspecified atom stereocenters. The van der Waals surface area contributed by atoms with Crippen LogP contribution in [0.5, 0.6) is 5.75 Å². The minimum Gasteiger partial charge on any atom is -0.497 e. The number of aryl methyl sites for hydroxylation is 1. The Morgan fingerprint density at radius 2 is 1.93 bits per heavy atom. The number of carbonyl (C=O) groups excluding carboxylic acids is 1. The highest BCUT2D eigenvalue weighted by molar-refractivity contribution is 5.78. The summed E-state index contributed by atoms with van der Waals surface area (Å²) in [4.78, 5) is 21.7. The first-order valence-electron chi connectivity index (χ1n) is 9.86. The van der Waals surface area contributed by atoms with Crippen molar-refractivity contribution in [2.45, 2.75) is 34.1 Å². The zero-order valence-electron chi connectivity index (χ0n) is 17.6. The topological polar surface area (TPSA) is 58.8 Å². The normalized spacial score (nSPS) is 15.7. The van der Waals surface area contributed by atoms with E-state index in [1.165, 1.54) is 0 Å². The largest absolute Gasteiger partial charge is 0.497 e. The van der Waals surface area contributed by atoms with Gasteiger partial charge in [-0.1, -0.05) is 26.8 Å². The quantitative estimate of drug-likeness (QED) is 0.790. The summed E-state index contributed by atoms with van der Waals surface area (Å²) in [5, 5.41) is 0. The fraction of sp³-hybridized carbons (Fsp3) is 0.545. The van der Waals surface area contributed by atoms with E-state index in [4.69, 9.17) is 9.15 Å². The van der Waals surface area contributed by atoms with Crippen LogP contribution in [0.1, 0.15) is 32.2 Å². The molecule has 1 amide bonds. The highest BCUT2D eigenvalue weighted by Gasteiger charge is 2.25. The van der Waals surface area contributed by atoms with Crippen LogP contribution in [0.3, 0.4) is 0 Å². The molecule has 0 atom stereocenters. The van der Waals surface area contributed by atoms with Gasteiger partial charge in [0.25, 0.3) is 0 Å². The van der Waals surface area contributed by atoms with Crippen LogP contribution in [0.2, 0.25) is 0 Å². The van der Waals surface area contributed by atoms with Crippen LogP contribution in [0.4, 0.5) is 0 Å². The zero-order valence-corrected chi connectivity index (χ0v) is 17.6.